The number of aryl methyl sites for hydroxylation is 1. The van der Waals surface area contributed by atoms with Gasteiger partial charge in [0.1, 0.15) is 5.82 Å². The first-order valence-corrected chi connectivity index (χ1v) is 6.63. The van der Waals surface area contributed by atoms with Gasteiger partial charge in [-0.1, -0.05) is 15.9 Å². The number of benzene rings is 1. The van der Waals surface area contributed by atoms with Crippen molar-refractivity contribution >= 4 is 27.1 Å². The molecule has 2 aromatic heterocycles. The van der Waals surface area contributed by atoms with Crippen molar-refractivity contribution in [2.75, 3.05) is 7.11 Å². The van der Waals surface area contributed by atoms with Crippen molar-refractivity contribution in [3.05, 3.63) is 40.4 Å². The number of imidazole rings is 1. The third-order valence-corrected chi connectivity index (χ3v) is 3.30. The first-order valence-electron chi connectivity index (χ1n) is 5.84. The van der Waals surface area contributed by atoms with E-state index < -0.39 is 0 Å². The van der Waals surface area contributed by atoms with Gasteiger partial charge in [0, 0.05) is 16.1 Å². The zero-order valence-electron chi connectivity index (χ0n) is 10.6. The summed E-state index contributed by atoms with van der Waals surface area (Å²) in [4.78, 5) is 12.1. The third kappa shape index (κ3) is 2.33. The van der Waals surface area contributed by atoms with E-state index in [1.165, 1.54) is 5.56 Å². The molecule has 5 heteroatoms. The van der Waals surface area contributed by atoms with Crippen LogP contribution in [-0.2, 0) is 0 Å². The van der Waals surface area contributed by atoms with Crippen LogP contribution in [0.15, 0.2) is 34.8 Å². The molecule has 0 radical (unpaired) electrons. The highest BCUT2D eigenvalue weighted by Gasteiger charge is 2.08. The van der Waals surface area contributed by atoms with Crippen molar-refractivity contribution < 1.29 is 4.74 Å². The Hall–Kier alpha value is -1.88. The van der Waals surface area contributed by atoms with Gasteiger partial charge in [0.05, 0.1) is 12.6 Å². The van der Waals surface area contributed by atoms with Gasteiger partial charge in [-0.3, -0.25) is 0 Å². The summed E-state index contributed by atoms with van der Waals surface area (Å²) in [7, 11) is 1.60. The van der Waals surface area contributed by atoms with E-state index in [1.54, 1.807) is 7.11 Å². The Bertz CT molecular complexity index is 731. The number of nitrogens with zero attached hydrogens (tertiary/aromatic N) is 2. The van der Waals surface area contributed by atoms with Gasteiger partial charge in [-0.2, -0.15) is 4.98 Å². The van der Waals surface area contributed by atoms with Crippen molar-refractivity contribution in [2.45, 2.75) is 6.92 Å². The topological polar surface area (TPSA) is 50.8 Å². The second-order valence-corrected chi connectivity index (χ2v) is 5.24. The monoisotopic (exact) mass is 317 g/mol. The van der Waals surface area contributed by atoms with E-state index in [1.807, 2.05) is 18.2 Å². The predicted octanol–water partition coefficient (Wildman–Crippen LogP) is 3.70. The number of aromatic nitrogens is 3. The Balaban J connectivity index is 2.14. The molecule has 1 aromatic carbocycles. The number of methoxy groups -OCH3 is 1. The minimum absolute atomic E-state index is 0.566. The van der Waals surface area contributed by atoms with Crippen LogP contribution in [0.3, 0.4) is 0 Å². The molecule has 0 unspecified atom stereocenters. The van der Waals surface area contributed by atoms with Crippen LogP contribution < -0.4 is 4.74 Å². The Morgan fingerprint density at radius 2 is 2.00 bits per heavy atom. The Labute approximate surface area is 119 Å². The molecule has 1 N–H and O–H groups in total. The minimum atomic E-state index is 0.566. The SMILES string of the molecule is COc1ccc2[nH]c(-c3cc(C)cc(Br)c3)nc2n1. The number of fused-ring (bicyclic) bond motifs is 1. The second-order valence-electron chi connectivity index (χ2n) is 4.33. The van der Waals surface area contributed by atoms with Gasteiger partial charge < -0.3 is 9.72 Å². The fraction of sp³-hybridized carbons (Fsp3) is 0.143. The molecular weight excluding hydrogens is 306 g/mol. The van der Waals surface area contributed by atoms with E-state index in [2.05, 4.69) is 49.9 Å². The molecule has 0 aliphatic rings. The first kappa shape index (κ1) is 12.2. The van der Waals surface area contributed by atoms with Crippen LogP contribution in [0.25, 0.3) is 22.6 Å². The lowest BCUT2D eigenvalue weighted by Gasteiger charge is -2.00. The molecule has 0 bridgehead atoms. The molecule has 2 heterocycles. The highest BCUT2D eigenvalue weighted by Crippen LogP contribution is 2.25. The van der Waals surface area contributed by atoms with Gasteiger partial charge in [-0.25, -0.2) is 4.98 Å². The highest BCUT2D eigenvalue weighted by molar-refractivity contribution is 9.10. The average Bonchev–Trinajstić information content (AvgIpc) is 2.80. The second kappa shape index (κ2) is 4.66. The molecular formula is C14H12BrN3O. The number of ether oxygens (including phenoxy) is 1. The molecule has 0 saturated heterocycles. The fourth-order valence-corrected chi connectivity index (χ4v) is 2.61. The van der Waals surface area contributed by atoms with E-state index in [4.69, 9.17) is 4.74 Å². The molecule has 0 fully saturated rings. The van der Waals surface area contributed by atoms with Crippen molar-refractivity contribution in [3.8, 4) is 17.3 Å². The zero-order valence-corrected chi connectivity index (χ0v) is 12.2. The number of halogens is 1. The fourth-order valence-electron chi connectivity index (χ4n) is 2.00. The molecule has 0 spiro atoms. The van der Waals surface area contributed by atoms with E-state index in [-0.39, 0.29) is 0 Å². The van der Waals surface area contributed by atoms with Gasteiger partial charge in [0.15, 0.2) is 5.65 Å². The third-order valence-electron chi connectivity index (χ3n) is 2.85. The van der Waals surface area contributed by atoms with Crippen molar-refractivity contribution in [1.82, 2.24) is 15.0 Å². The van der Waals surface area contributed by atoms with Gasteiger partial charge in [0.25, 0.3) is 0 Å². The molecule has 3 rings (SSSR count). The van der Waals surface area contributed by atoms with Crippen molar-refractivity contribution in [1.29, 1.82) is 0 Å². The van der Waals surface area contributed by atoms with Crippen LogP contribution in [0.5, 0.6) is 5.88 Å². The summed E-state index contributed by atoms with van der Waals surface area (Å²) in [6.45, 7) is 2.05. The smallest absolute Gasteiger partial charge is 0.215 e. The van der Waals surface area contributed by atoms with Gasteiger partial charge in [-0.05, 0) is 36.8 Å². The van der Waals surface area contributed by atoms with Crippen LogP contribution in [0.1, 0.15) is 5.56 Å². The number of nitrogens with one attached hydrogen (secondary N) is 1. The maximum Gasteiger partial charge on any atom is 0.215 e. The normalized spacial score (nSPS) is 10.9. The van der Waals surface area contributed by atoms with Crippen LogP contribution in [-0.4, -0.2) is 22.1 Å². The molecule has 96 valence electrons. The molecule has 0 amide bonds. The maximum atomic E-state index is 5.10. The number of rotatable bonds is 2. The lowest BCUT2D eigenvalue weighted by molar-refractivity contribution is 0.399. The molecule has 0 atom stereocenters. The van der Waals surface area contributed by atoms with Crippen LogP contribution in [0, 0.1) is 6.92 Å². The molecule has 0 aliphatic carbocycles. The van der Waals surface area contributed by atoms with E-state index in [9.17, 15) is 0 Å². The molecule has 4 nitrogen and oxygen atoms in total. The predicted molar refractivity (Wildman–Crippen MR) is 78.3 cm³/mol. The average molecular weight is 318 g/mol. The molecule has 19 heavy (non-hydrogen) atoms. The Morgan fingerprint density at radius 1 is 1.16 bits per heavy atom. The standard InChI is InChI=1S/C14H12BrN3O/c1-8-5-9(7-10(15)6-8)13-16-11-3-4-12(19-2)17-14(11)18-13/h3-7H,1-2H3,(H,16,17,18). The van der Waals surface area contributed by atoms with Crippen LogP contribution >= 0.6 is 15.9 Å². The van der Waals surface area contributed by atoms with Crippen LogP contribution in [0.2, 0.25) is 0 Å². The number of hydrogen-bond donors (Lipinski definition) is 1. The van der Waals surface area contributed by atoms with Crippen LogP contribution in [0.4, 0.5) is 0 Å². The largest absolute Gasteiger partial charge is 0.481 e. The summed E-state index contributed by atoms with van der Waals surface area (Å²) in [6, 6.07) is 9.91. The molecule has 0 saturated carbocycles. The van der Waals surface area contributed by atoms with Gasteiger partial charge in [-0.15, -0.1) is 0 Å². The lowest BCUT2D eigenvalue weighted by Crippen LogP contribution is -1.86. The zero-order chi connectivity index (χ0) is 13.4. The van der Waals surface area contributed by atoms with Crippen molar-refractivity contribution in [2.24, 2.45) is 0 Å². The number of H-pyrrole nitrogens is 1. The number of pyridine rings is 1. The van der Waals surface area contributed by atoms with E-state index in [0.29, 0.717) is 11.5 Å². The van der Waals surface area contributed by atoms with E-state index >= 15 is 0 Å². The quantitative estimate of drug-likeness (QED) is 0.784. The Kier molecular flexibility index (Phi) is 2.98. The minimum Gasteiger partial charge on any atom is -0.481 e. The summed E-state index contributed by atoms with van der Waals surface area (Å²) in [6.07, 6.45) is 0. The summed E-state index contributed by atoms with van der Waals surface area (Å²) >= 11 is 3.50. The van der Waals surface area contributed by atoms with Crippen molar-refractivity contribution in [3.63, 3.8) is 0 Å². The number of aromatic amines is 1. The maximum absolute atomic E-state index is 5.10. The number of hydrogen-bond acceptors (Lipinski definition) is 3. The summed E-state index contributed by atoms with van der Waals surface area (Å²) < 4.78 is 6.14. The first-order chi connectivity index (χ1) is 9.15. The molecule has 0 aliphatic heterocycles. The lowest BCUT2D eigenvalue weighted by atomic mass is 10.1. The highest BCUT2D eigenvalue weighted by atomic mass is 79.9. The van der Waals surface area contributed by atoms with Gasteiger partial charge >= 0.3 is 0 Å². The van der Waals surface area contributed by atoms with E-state index in [0.717, 1.165) is 21.4 Å². The van der Waals surface area contributed by atoms with Gasteiger partial charge in [0.2, 0.25) is 5.88 Å². The summed E-state index contributed by atoms with van der Waals surface area (Å²) in [5.74, 6) is 1.37. The summed E-state index contributed by atoms with van der Waals surface area (Å²) in [5, 5.41) is 0. The molecule has 3 aromatic rings. The summed E-state index contributed by atoms with van der Waals surface area (Å²) in [5.41, 5.74) is 3.76. The Morgan fingerprint density at radius 3 is 2.74 bits per heavy atom.